The number of nitrogens with zero attached hydrogens (tertiary/aromatic N) is 2. The summed E-state index contributed by atoms with van der Waals surface area (Å²) in [5.41, 5.74) is 5.79. The molecular weight excluding hydrogens is 212 g/mol. The molecule has 0 aromatic rings. The Bertz CT molecular complexity index is 230. The van der Waals surface area contributed by atoms with Crippen molar-refractivity contribution in [3.63, 3.8) is 0 Å². The van der Waals surface area contributed by atoms with Crippen molar-refractivity contribution in [1.29, 1.82) is 0 Å². The second kappa shape index (κ2) is 6.84. The maximum absolute atomic E-state index is 5.82. The number of nitrogens with two attached hydrogens (primary N) is 1. The first-order chi connectivity index (χ1) is 7.63. The Morgan fingerprint density at radius 3 is 2.00 bits per heavy atom. The first-order valence-corrected chi connectivity index (χ1v) is 6.47. The zero-order chi connectivity index (χ0) is 13.6. The molecule has 4 nitrogen and oxygen atoms in total. The van der Waals surface area contributed by atoms with Gasteiger partial charge in [-0.1, -0.05) is 0 Å². The predicted octanol–water partition coefficient (Wildman–Crippen LogP) is 1.81. The van der Waals surface area contributed by atoms with E-state index in [4.69, 9.17) is 5.73 Å². The van der Waals surface area contributed by atoms with Gasteiger partial charge < -0.3 is 11.1 Å². The summed E-state index contributed by atoms with van der Waals surface area (Å²) < 4.78 is 0. The van der Waals surface area contributed by atoms with Crippen molar-refractivity contribution in [3.8, 4) is 0 Å². The molecular formula is C13H30N4. The summed E-state index contributed by atoms with van der Waals surface area (Å²) >= 11 is 0. The Balaban J connectivity index is 4.15. The van der Waals surface area contributed by atoms with Crippen LogP contribution < -0.4 is 11.1 Å². The van der Waals surface area contributed by atoms with E-state index in [1.54, 1.807) is 0 Å². The van der Waals surface area contributed by atoms with E-state index < -0.39 is 0 Å². The average Bonchev–Trinajstić information content (AvgIpc) is 2.07. The lowest BCUT2D eigenvalue weighted by atomic mass is 10.1. The number of rotatable bonds is 5. The molecule has 0 atom stereocenters. The van der Waals surface area contributed by atoms with Gasteiger partial charge in [-0.15, -0.1) is 0 Å². The van der Waals surface area contributed by atoms with Gasteiger partial charge in [0.1, 0.15) is 0 Å². The third-order valence-corrected chi connectivity index (χ3v) is 2.47. The predicted molar refractivity (Wildman–Crippen MR) is 76.4 cm³/mol. The van der Waals surface area contributed by atoms with Crippen LogP contribution in [0.4, 0.5) is 0 Å². The first kappa shape index (κ1) is 16.2. The standard InChI is InChI=1S/C13H30N4/c1-10(2)17(11(3)4)9-8-15-12(14)16-13(5,6)7/h10-11H,8-9H2,1-7H3,(H3,14,15,16). The van der Waals surface area contributed by atoms with Gasteiger partial charge in [0.25, 0.3) is 0 Å². The van der Waals surface area contributed by atoms with Gasteiger partial charge in [0, 0.05) is 24.2 Å². The molecule has 17 heavy (non-hydrogen) atoms. The molecule has 0 heterocycles. The normalized spacial score (nSPS) is 13.9. The molecule has 0 aliphatic carbocycles. The van der Waals surface area contributed by atoms with E-state index in [-0.39, 0.29) is 5.54 Å². The highest BCUT2D eigenvalue weighted by atomic mass is 15.2. The van der Waals surface area contributed by atoms with Crippen molar-refractivity contribution < 1.29 is 0 Å². The molecule has 0 aliphatic heterocycles. The van der Waals surface area contributed by atoms with Crippen molar-refractivity contribution in [2.75, 3.05) is 13.1 Å². The van der Waals surface area contributed by atoms with Gasteiger partial charge in [0.2, 0.25) is 0 Å². The van der Waals surface area contributed by atoms with Gasteiger partial charge in [-0.05, 0) is 48.5 Å². The van der Waals surface area contributed by atoms with Crippen LogP contribution in [-0.2, 0) is 0 Å². The smallest absolute Gasteiger partial charge is 0.189 e. The minimum Gasteiger partial charge on any atom is -0.370 e. The van der Waals surface area contributed by atoms with Gasteiger partial charge in [0.15, 0.2) is 5.96 Å². The number of hydrogen-bond donors (Lipinski definition) is 2. The Labute approximate surface area is 107 Å². The summed E-state index contributed by atoms with van der Waals surface area (Å²) in [4.78, 5) is 6.77. The fourth-order valence-electron chi connectivity index (χ4n) is 1.82. The van der Waals surface area contributed by atoms with Crippen molar-refractivity contribution in [2.45, 2.75) is 66.1 Å². The topological polar surface area (TPSA) is 53.6 Å². The highest BCUT2D eigenvalue weighted by Crippen LogP contribution is 2.04. The number of hydrogen-bond acceptors (Lipinski definition) is 2. The molecule has 102 valence electrons. The van der Waals surface area contributed by atoms with Crippen LogP contribution in [0.2, 0.25) is 0 Å². The van der Waals surface area contributed by atoms with Crippen LogP contribution in [-0.4, -0.2) is 41.6 Å². The van der Waals surface area contributed by atoms with Gasteiger partial charge in [-0.25, -0.2) is 0 Å². The van der Waals surface area contributed by atoms with Crippen LogP contribution in [0.15, 0.2) is 4.99 Å². The molecule has 0 aromatic heterocycles. The van der Waals surface area contributed by atoms with Crippen LogP contribution in [0.1, 0.15) is 48.5 Å². The maximum atomic E-state index is 5.82. The molecule has 3 N–H and O–H groups in total. The van der Waals surface area contributed by atoms with Gasteiger partial charge in [-0.3, -0.25) is 9.89 Å². The fraction of sp³-hybridized carbons (Fsp3) is 0.923. The lowest BCUT2D eigenvalue weighted by Crippen LogP contribution is -2.45. The van der Waals surface area contributed by atoms with Crippen LogP contribution in [0.5, 0.6) is 0 Å². The fourth-order valence-corrected chi connectivity index (χ4v) is 1.82. The molecule has 0 fully saturated rings. The summed E-state index contributed by atoms with van der Waals surface area (Å²) in [6.45, 7) is 16.7. The van der Waals surface area contributed by atoms with E-state index >= 15 is 0 Å². The van der Waals surface area contributed by atoms with Crippen LogP contribution in [0, 0.1) is 0 Å². The molecule has 0 amide bonds. The van der Waals surface area contributed by atoms with Gasteiger partial charge in [-0.2, -0.15) is 0 Å². The lowest BCUT2D eigenvalue weighted by Gasteiger charge is -2.30. The minimum absolute atomic E-state index is 0.0244. The zero-order valence-corrected chi connectivity index (χ0v) is 12.5. The molecule has 0 aliphatic rings. The molecule has 0 rings (SSSR count). The summed E-state index contributed by atoms with van der Waals surface area (Å²) in [6.07, 6.45) is 0. The molecule has 0 saturated carbocycles. The second-order valence-corrected chi connectivity index (χ2v) is 6.07. The Hall–Kier alpha value is -0.770. The molecule has 0 radical (unpaired) electrons. The van der Waals surface area contributed by atoms with E-state index in [0.717, 1.165) is 13.1 Å². The summed E-state index contributed by atoms with van der Waals surface area (Å²) in [6, 6.07) is 1.09. The van der Waals surface area contributed by atoms with Crippen LogP contribution >= 0.6 is 0 Å². The van der Waals surface area contributed by atoms with Crippen LogP contribution in [0.25, 0.3) is 0 Å². The number of nitrogens with one attached hydrogen (secondary N) is 1. The van der Waals surface area contributed by atoms with E-state index in [0.29, 0.717) is 18.0 Å². The van der Waals surface area contributed by atoms with Crippen molar-refractivity contribution in [1.82, 2.24) is 10.2 Å². The zero-order valence-electron chi connectivity index (χ0n) is 12.5. The lowest BCUT2D eigenvalue weighted by molar-refractivity contribution is 0.181. The quantitative estimate of drug-likeness (QED) is 0.571. The first-order valence-electron chi connectivity index (χ1n) is 6.47. The van der Waals surface area contributed by atoms with E-state index in [2.05, 4.69) is 63.7 Å². The molecule has 0 saturated heterocycles. The van der Waals surface area contributed by atoms with Crippen molar-refractivity contribution in [3.05, 3.63) is 0 Å². The van der Waals surface area contributed by atoms with E-state index in [9.17, 15) is 0 Å². The Morgan fingerprint density at radius 2 is 1.65 bits per heavy atom. The highest BCUT2D eigenvalue weighted by molar-refractivity contribution is 5.78. The van der Waals surface area contributed by atoms with Gasteiger partial charge >= 0.3 is 0 Å². The third kappa shape index (κ3) is 8.02. The monoisotopic (exact) mass is 242 g/mol. The van der Waals surface area contributed by atoms with Crippen LogP contribution in [0.3, 0.4) is 0 Å². The minimum atomic E-state index is -0.0244. The summed E-state index contributed by atoms with van der Waals surface area (Å²) in [5.74, 6) is 0.532. The van der Waals surface area contributed by atoms with Gasteiger partial charge in [0.05, 0.1) is 6.54 Å². The maximum Gasteiger partial charge on any atom is 0.189 e. The second-order valence-electron chi connectivity index (χ2n) is 6.07. The summed E-state index contributed by atoms with van der Waals surface area (Å²) in [7, 11) is 0. The SMILES string of the molecule is CC(C)N(CCN=C(N)NC(C)(C)C)C(C)C. The Morgan fingerprint density at radius 1 is 1.18 bits per heavy atom. The Kier molecular flexibility index (Phi) is 6.53. The summed E-state index contributed by atoms with van der Waals surface area (Å²) in [5, 5.41) is 3.16. The molecule has 0 unspecified atom stereocenters. The number of guanidine groups is 1. The molecule has 0 bridgehead atoms. The molecule has 4 heteroatoms. The van der Waals surface area contributed by atoms with E-state index in [1.165, 1.54) is 0 Å². The molecule has 0 aromatic carbocycles. The average molecular weight is 242 g/mol. The largest absolute Gasteiger partial charge is 0.370 e. The highest BCUT2D eigenvalue weighted by Gasteiger charge is 2.13. The van der Waals surface area contributed by atoms with Crippen molar-refractivity contribution >= 4 is 5.96 Å². The number of aliphatic imine (C=N–C) groups is 1. The third-order valence-electron chi connectivity index (χ3n) is 2.47. The van der Waals surface area contributed by atoms with E-state index in [1.807, 2.05) is 0 Å². The molecule has 0 spiro atoms. The van der Waals surface area contributed by atoms with Crippen molar-refractivity contribution in [2.24, 2.45) is 10.7 Å².